The van der Waals surface area contributed by atoms with E-state index >= 15 is 0 Å². The molecule has 2 aromatic rings. The number of nitrogens with one attached hydrogen (secondary N) is 1. The standard InChI is InChI=1S/C18H22N2O2/c1-13(16-8-6-7-15(11-16)12-21)19-17-9-4-5-10-18(17)20(3)14(2)22/h4-11,13,19,21H,12H2,1-3H3. The zero-order valence-corrected chi connectivity index (χ0v) is 13.2. The quantitative estimate of drug-likeness (QED) is 0.890. The van der Waals surface area contributed by atoms with E-state index in [0.717, 1.165) is 22.5 Å². The number of hydrogen-bond donors (Lipinski definition) is 2. The predicted molar refractivity (Wildman–Crippen MR) is 89.9 cm³/mol. The molecule has 116 valence electrons. The van der Waals surface area contributed by atoms with Crippen molar-refractivity contribution in [1.29, 1.82) is 0 Å². The molecule has 1 unspecified atom stereocenters. The van der Waals surface area contributed by atoms with Gasteiger partial charge < -0.3 is 15.3 Å². The van der Waals surface area contributed by atoms with Gasteiger partial charge in [-0.05, 0) is 30.2 Å². The van der Waals surface area contributed by atoms with E-state index in [-0.39, 0.29) is 18.6 Å². The van der Waals surface area contributed by atoms with Gasteiger partial charge in [0.15, 0.2) is 0 Å². The number of carbonyl (C=O) groups excluding carboxylic acids is 1. The van der Waals surface area contributed by atoms with Gasteiger partial charge in [-0.25, -0.2) is 0 Å². The van der Waals surface area contributed by atoms with Gasteiger partial charge in [0, 0.05) is 20.0 Å². The van der Waals surface area contributed by atoms with E-state index in [2.05, 4.69) is 12.2 Å². The summed E-state index contributed by atoms with van der Waals surface area (Å²) in [5, 5.41) is 12.7. The van der Waals surface area contributed by atoms with Crippen molar-refractivity contribution in [2.45, 2.75) is 26.5 Å². The van der Waals surface area contributed by atoms with Gasteiger partial charge >= 0.3 is 0 Å². The number of anilines is 2. The van der Waals surface area contributed by atoms with E-state index in [1.165, 1.54) is 0 Å². The summed E-state index contributed by atoms with van der Waals surface area (Å²) in [5.41, 5.74) is 3.73. The summed E-state index contributed by atoms with van der Waals surface area (Å²) in [6.07, 6.45) is 0. The molecular weight excluding hydrogens is 276 g/mol. The minimum atomic E-state index is -0.0100. The van der Waals surface area contributed by atoms with Gasteiger partial charge in [0.1, 0.15) is 0 Å². The molecule has 22 heavy (non-hydrogen) atoms. The average Bonchev–Trinajstić information content (AvgIpc) is 2.54. The van der Waals surface area contributed by atoms with Crippen molar-refractivity contribution in [2.24, 2.45) is 0 Å². The lowest BCUT2D eigenvalue weighted by Gasteiger charge is -2.23. The van der Waals surface area contributed by atoms with Crippen molar-refractivity contribution in [3.05, 3.63) is 59.7 Å². The van der Waals surface area contributed by atoms with Gasteiger partial charge in [-0.15, -0.1) is 0 Å². The fraction of sp³-hybridized carbons (Fsp3) is 0.278. The van der Waals surface area contributed by atoms with Crippen molar-refractivity contribution in [2.75, 3.05) is 17.3 Å². The molecule has 1 amide bonds. The highest BCUT2D eigenvalue weighted by Crippen LogP contribution is 2.28. The second-order valence-corrected chi connectivity index (χ2v) is 5.36. The maximum atomic E-state index is 11.6. The molecule has 0 bridgehead atoms. The number of para-hydroxylation sites is 2. The molecule has 1 atom stereocenters. The normalized spacial score (nSPS) is 11.8. The van der Waals surface area contributed by atoms with Crippen molar-refractivity contribution in [3.63, 3.8) is 0 Å². The second-order valence-electron chi connectivity index (χ2n) is 5.36. The van der Waals surface area contributed by atoms with Gasteiger partial charge in [-0.3, -0.25) is 4.79 Å². The van der Waals surface area contributed by atoms with E-state index < -0.39 is 0 Å². The summed E-state index contributed by atoms with van der Waals surface area (Å²) in [5.74, 6) is -0.0100. The molecule has 0 aliphatic carbocycles. The Morgan fingerprint density at radius 2 is 1.95 bits per heavy atom. The molecule has 0 fully saturated rings. The third-order valence-corrected chi connectivity index (χ3v) is 3.74. The first-order valence-corrected chi connectivity index (χ1v) is 7.32. The molecule has 0 radical (unpaired) electrons. The number of nitrogens with zero attached hydrogens (tertiary/aromatic N) is 1. The largest absolute Gasteiger partial charge is 0.392 e. The first kappa shape index (κ1) is 16.0. The smallest absolute Gasteiger partial charge is 0.223 e. The molecule has 2 aromatic carbocycles. The highest BCUT2D eigenvalue weighted by Gasteiger charge is 2.13. The van der Waals surface area contributed by atoms with Crippen LogP contribution in [0.3, 0.4) is 0 Å². The van der Waals surface area contributed by atoms with E-state index in [4.69, 9.17) is 0 Å². The van der Waals surface area contributed by atoms with E-state index in [9.17, 15) is 9.90 Å². The van der Waals surface area contributed by atoms with E-state index in [0.29, 0.717) is 0 Å². The fourth-order valence-corrected chi connectivity index (χ4v) is 2.34. The summed E-state index contributed by atoms with van der Waals surface area (Å²) < 4.78 is 0. The van der Waals surface area contributed by atoms with Gasteiger partial charge in [0.2, 0.25) is 5.91 Å². The van der Waals surface area contributed by atoms with E-state index in [1.807, 2.05) is 48.5 Å². The van der Waals surface area contributed by atoms with Crippen LogP contribution >= 0.6 is 0 Å². The van der Waals surface area contributed by atoms with Crippen LogP contribution in [0.1, 0.15) is 31.0 Å². The van der Waals surface area contributed by atoms with Crippen LogP contribution in [0.5, 0.6) is 0 Å². The van der Waals surface area contributed by atoms with Crippen molar-refractivity contribution >= 4 is 17.3 Å². The number of hydrogen-bond acceptors (Lipinski definition) is 3. The topological polar surface area (TPSA) is 52.6 Å². The van der Waals surface area contributed by atoms with Crippen LogP contribution in [0, 0.1) is 0 Å². The van der Waals surface area contributed by atoms with Gasteiger partial charge in [-0.1, -0.05) is 36.4 Å². The third-order valence-electron chi connectivity index (χ3n) is 3.74. The summed E-state index contributed by atoms with van der Waals surface area (Å²) >= 11 is 0. The molecule has 2 N–H and O–H groups in total. The second kappa shape index (κ2) is 7.09. The number of rotatable bonds is 5. The molecule has 0 heterocycles. The molecule has 0 spiro atoms. The number of benzene rings is 2. The SMILES string of the molecule is CC(=O)N(C)c1ccccc1NC(C)c1cccc(CO)c1. The van der Waals surface area contributed by atoms with Crippen molar-refractivity contribution in [3.8, 4) is 0 Å². The minimum Gasteiger partial charge on any atom is -0.392 e. The van der Waals surface area contributed by atoms with Crippen LogP contribution in [0.4, 0.5) is 11.4 Å². The summed E-state index contributed by atoms with van der Waals surface area (Å²) in [6.45, 7) is 3.64. The molecular formula is C18H22N2O2. The molecule has 0 saturated heterocycles. The van der Waals surface area contributed by atoms with Crippen LogP contribution < -0.4 is 10.2 Å². The monoisotopic (exact) mass is 298 g/mol. The molecule has 4 heteroatoms. The van der Waals surface area contributed by atoms with Crippen LogP contribution in [0.2, 0.25) is 0 Å². The van der Waals surface area contributed by atoms with Crippen LogP contribution in [-0.4, -0.2) is 18.1 Å². The van der Waals surface area contributed by atoms with Gasteiger partial charge in [-0.2, -0.15) is 0 Å². The van der Waals surface area contributed by atoms with Crippen LogP contribution in [0.25, 0.3) is 0 Å². The van der Waals surface area contributed by atoms with Crippen LogP contribution in [-0.2, 0) is 11.4 Å². The number of aliphatic hydroxyl groups is 1. The summed E-state index contributed by atoms with van der Waals surface area (Å²) in [6, 6.07) is 15.6. The lowest BCUT2D eigenvalue weighted by Crippen LogP contribution is -2.24. The molecule has 0 aromatic heterocycles. The Morgan fingerprint density at radius 1 is 1.23 bits per heavy atom. The van der Waals surface area contributed by atoms with Crippen molar-refractivity contribution < 1.29 is 9.90 Å². The Labute approximate surface area is 131 Å². The highest BCUT2D eigenvalue weighted by molar-refractivity contribution is 5.94. The number of carbonyl (C=O) groups is 1. The molecule has 0 aliphatic rings. The fourth-order valence-electron chi connectivity index (χ4n) is 2.34. The van der Waals surface area contributed by atoms with Gasteiger partial charge in [0.25, 0.3) is 0 Å². The highest BCUT2D eigenvalue weighted by atomic mass is 16.3. The lowest BCUT2D eigenvalue weighted by molar-refractivity contribution is -0.116. The zero-order chi connectivity index (χ0) is 16.1. The number of aliphatic hydroxyl groups excluding tert-OH is 1. The molecule has 0 saturated carbocycles. The average molecular weight is 298 g/mol. The lowest BCUT2D eigenvalue weighted by atomic mass is 10.0. The Morgan fingerprint density at radius 3 is 2.64 bits per heavy atom. The summed E-state index contributed by atoms with van der Waals surface area (Å²) in [7, 11) is 1.76. The Hall–Kier alpha value is -2.33. The summed E-state index contributed by atoms with van der Waals surface area (Å²) in [4.78, 5) is 13.2. The molecule has 0 aliphatic heterocycles. The molecule has 2 rings (SSSR count). The minimum absolute atomic E-state index is 0.0100. The Bertz CT molecular complexity index is 655. The maximum Gasteiger partial charge on any atom is 0.223 e. The number of amides is 1. The van der Waals surface area contributed by atoms with Crippen molar-refractivity contribution in [1.82, 2.24) is 0 Å². The first-order chi connectivity index (χ1) is 10.5. The third kappa shape index (κ3) is 3.65. The Kier molecular flexibility index (Phi) is 5.17. The van der Waals surface area contributed by atoms with Crippen LogP contribution in [0.15, 0.2) is 48.5 Å². The zero-order valence-electron chi connectivity index (χ0n) is 13.2. The molecule has 4 nitrogen and oxygen atoms in total. The van der Waals surface area contributed by atoms with Gasteiger partial charge in [0.05, 0.1) is 18.0 Å². The first-order valence-electron chi connectivity index (χ1n) is 7.32. The maximum absolute atomic E-state index is 11.6. The van der Waals surface area contributed by atoms with E-state index in [1.54, 1.807) is 18.9 Å². The predicted octanol–water partition coefficient (Wildman–Crippen LogP) is 3.33. The Balaban J connectivity index is 2.24.